The SMILES string of the molecule is O=C(c1cccs1)N1CCSC12C(=O)N(Cc1ccccc1F)c1ccccc12. The molecular formula is C22H17FN2O2S2. The van der Waals surface area contributed by atoms with Gasteiger partial charge in [0, 0.05) is 23.4 Å². The first-order valence-electron chi connectivity index (χ1n) is 9.27. The summed E-state index contributed by atoms with van der Waals surface area (Å²) in [5.41, 5.74) is 1.99. The van der Waals surface area contributed by atoms with E-state index >= 15 is 0 Å². The van der Waals surface area contributed by atoms with E-state index in [1.165, 1.54) is 29.2 Å². The molecular weight excluding hydrogens is 407 g/mol. The molecule has 0 N–H and O–H groups in total. The smallest absolute Gasteiger partial charge is 0.268 e. The van der Waals surface area contributed by atoms with Crippen molar-refractivity contribution in [2.75, 3.05) is 17.2 Å². The van der Waals surface area contributed by atoms with Crippen molar-refractivity contribution in [3.63, 3.8) is 0 Å². The number of benzene rings is 2. The number of thioether (sulfide) groups is 1. The molecule has 4 nitrogen and oxygen atoms in total. The molecule has 0 saturated carbocycles. The van der Waals surface area contributed by atoms with E-state index in [9.17, 15) is 14.0 Å². The van der Waals surface area contributed by atoms with Gasteiger partial charge in [0.15, 0.2) is 4.87 Å². The molecule has 1 fully saturated rings. The average molecular weight is 425 g/mol. The zero-order chi connectivity index (χ0) is 20.0. The fraction of sp³-hybridized carbons (Fsp3) is 0.182. The Kier molecular flexibility index (Phi) is 4.44. The van der Waals surface area contributed by atoms with E-state index in [4.69, 9.17) is 0 Å². The molecule has 1 atom stereocenters. The molecule has 146 valence electrons. The van der Waals surface area contributed by atoms with Gasteiger partial charge in [-0.1, -0.05) is 42.5 Å². The van der Waals surface area contributed by atoms with Crippen LogP contribution in [-0.2, 0) is 16.2 Å². The van der Waals surface area contributed by atoms with Gasteiger partial charge < -0.3 is 9.80 Å². The number of carbonyl (C=O) groups excluding carboxylic acids is 2. The lowest BCUT2D eigenvalue weighted by Crippen LogP contribution is -2.50. The molecule has 3 aromatic rings. The number of hydrogen-bond donors (Lipinski definition) is 0. The summed E-state index contributed by atoms with van der Waals surface area (Å²) in [6, 6.07) is 17.6. The highest BCUT2D eigenvalue weighted by Crippen LogP contribution is 2.54. The molecule has 2 aromatic carbocycles. The van der Waals surface area contributed by atoms with Crippen molar-refractivity contribution in [3.05, 3.63) is 87.9 Å². The van der Waals surface area contributed by atoms with Gasteiger partial charge in [-0.2, -0.15) is 0 Å². The Labute approximate surface area is 175 Å². The van der Waals surface area contributed by atoms with Crippen LogP contribution in [0.2, 0.25) is 0 Å². The van der Waals surface area contributed by atoms with Crippen LogP contribution in [0.1, 0.15) is 20.8 Å². The number of thiophene rings is 1. The highest BCUT2D eigenvalue weighted by Gasteiger charge is 2.59. The first-order chi connectivity index (χ1) is 14.1. The third-order valence-electron chi connectivity index (χ3n) is 5.36. The Hall–Kier alpha value is -2.64. The maximum absolute atomic E-state index is 14.3. The van der Waals surface area contributed by atoms with E-state index in [1.807, 2.05) is 35.7 Å². The molecule has 3 heterocycles. The van der Waals surface area contributed by atoms with Gasteiger partial charge in [0.25, 0.3) is 11.8 Å². The molecule has 5 rings (SSSR count). The van der Waals surface area contributed by atoms with E-state index in [0.29, 0.717) is 22.7 Å². The third-order valence-corrected chi connectivity index (χ3v) is 7.64. The fourth-order valence-corrected chi connectivity index (χ4v) is 6.19. The van der Waals surface area contributed by atoms with Gasteiger partial charge in [-0.25, -0.2) is 4.39 Å². The normalized spacial score (nSPS) is 20.5. The van der Waals surface area contributed by atoms with Crippen LogP contribution in [0.15, 0.2) is 66.0 Å². The molecule has 1 unspecified atom stereocenters. The zero-order valence-electron chi connectivity index (χ0n) is 15.4. The minimum Gasteiger partial charge on any atom is -0.310 e. The van der Waals surface area contributed by atoms with Crippen molar-refractivity contribution in [1.82, 2.24) is 4.90 Å². The predicted molar refractivity (Wildman–Crippen MR) is 114 cm³/mol. The van der Waals surface area contributed by atoms with E-state index in [-0.39, 0.29) is 24.2 Å². The van der Waals surface area contributed by atoms with Gasteiger partial charge in [-0.05, 0) is 23.6 Å². The first kappa shape index (κ1) is 18.4. The van der Waals surface area contributed by atoms with Crippen LogP contribution < -0.4 is 4.90 Å². The quantitative estimate of drug-likeness (QED) is 0.623. The van der Waals surface area contributed by atoms with Crippen molar-refractivity contribution < 1.29 is 14.0 Å². The lowest BCUT2D eigenvalue weighted by Gasteiger charge is -2.33. The highest BCUT2D eigenvalue weighted by molar-refractivity contribution is 8.01. The van der Waals surface area contributed by atoms with Gasteiger partial charge in [0.1, 0.15) is 5.82 Å². The number of fused-ring (bicyclic) bond motifs is 2. The molecule has 0 radical (unpaired) electrons. The average Bonchev–Trinajstić information content (AvgIpc) is 3.47. The van der Waals surface area contributed by atoms with E-state index in [0.717, 1.165) is 11.3 Å². The number of rotatable bonds is 3. The first-order valence-corrected chi connectivity index (χ1v) is 11.1. The van der Waals surface area contributed by atoms with Crippen molar-refractivity contribution in [3.8, 4) is 0 Å². The zero-order valence-corrected chi connectivity index (χ0v) is 17.0. The molecule has 2 amide bonds. The maximum atomic E-state index is 14.3. The van der Waals surface area contributed by atoms with E-state index in [1.54, 1.807) is 34.1 Å². The van der Waals surface area contributed by atoms with Gasteiger partial charge in [0.2, 0.25) is 0 Å². The number of hydrogen-bond acceptors (Lipinski definition) is 4. The lowest BCUT2D eigenvalue weighted by atomic mass is 10.1. The van der Waals surface area contributed by atoms with Crippen LogP contribution in [0.3, 0.4) is 0 Å². The third kappa shape index (κ3) is 2.72. The molecule has 1 saturated heterocycles. The van der Waals surface area contributed by atoms with Crippen molar-refractivity contribution in [2.45, 2.75) is 11.4 Å². The molecule has 29 heavy (non-hydrogen) atoms. The van der Waals surface area contributed by atoms with Crippen LogP contribution >= 0.6 is 23.1 Å². The monoisotopic (exact) mass is 424 g/mol. The summed E-state index contributed by atoms with van der Waals surface area (Å²) in [5, 5.41) is 1.86. The minimum atomic E-state index is -1.09. The molecule has 7 heteroatoms. The van der Waals surface area contributed by atoms with Crippen LogP contribution in [0.25, 0.3) is 0 Å². The Balaban J connectivity index is 1.60. The second-order valence-corrected chi connectivity index (χ2v) is 9.16. The Morgan fingerprint density at radius 2 is 1.86 bits per heavy atom. The van der Waals surface area contributed by atoms with Crippen LogP contribution in [0.4, 0.5) is 10.1 Å². The van der Waals surface area contributed by atoms with Gasteiger partial charge in [-0.15, -0.1) is 23.1 Å². The number of para-hydroxylation sites is 1. The number of anilines is 1. The maximum Gasteiger partial charge on any atom is 0.268 e. The molecule has 2 aliphatic heterocycles. The largest absolute Gasteiger partial charge is 0.310 e. The molecule has 1 aromatic heterocycles. The number of halogens is 1. The summed E-state index contributed by atoms with van der Waals surface area (Å²) in [6.45, 7) is 0.626. The van der Waals surface area contributed by atoms with Gasteiger partial charge >= 0.3 is 0 Å². The molecule has 2 aliphatic rings. The van der Waals surface area contributed by atoms with Gasteiger partial charge in [-0.3, -0.25) is 9.59 Å². The Morgan fingerprint density at radius 1 is 1.07 bits per heavy atom. The second kappa shape index (κ2) is 7.00. The molecule has 0 aliphatic carbocycles. The van der Waals surface area contributed by atoms with E-state index < -0.39 is 4.87 Å². The summed E-state index contributed by atoms with van der Waals surface area (Å²) in [5.74, 6) is 0.00430. The number of nitrogens with zero attached hydrogens (tertiary/aromatic N) is 2. The second-order valence-electron chi connectivity index (χ2n) is 6.93. The topological polar surface area (TPSA) is 40.6 Å². The van der Waals surface area contributed by atoms with E-state index in [2.05, 4.69) is 0 Å². The van der Waals surface area contributed by atoms with Crippen molar-refractivity contribution in [2.24, 2.45) is 0 Å². The summed E-state index contributed by atoms with van der Waals surface area (Å²) in [7, 11) is 0. The van der Waals surface area contributed by atoms with Crippen LogP contribution in [-0.4, -0.2) is 29.0 Å². The highest BCUT2D eigenvalue weighted by atomic mass is 32.2. The molecule has 0 bridgehead atoms. The summed E-state index contributed by atoms with van der Waals surface area (Å²) in [4.78, 5) is 29.8. The lowest BCUT2D eigenvalue weighted by molar-refractivity contribution is -0.123. The van der Waals surface area contributed by atoms with Crippen molar-refractivity contribution >= 4 is 40.6 Å². The van der Waals surface area contributed by atoms with Crippen LogP contribution in [0.5, 0.6) is 0 Å². The number of amides is 2. The Bertz CT molecular complexity index is 1100. The fourth-order valence-electron chi connectivity index (χ4n) is 4.06. The summed E-state index contributed by atoms with van der Waals surface area (Å²) in [6.07, 6.45) is 0. The summed E-state index contributed by atoms with van der Waals surface area (Å²) >= 11 is 2.85. The van der Waals surface area contributed by atoms with Crippen molar-refractivity contribution in [1.29, 1.82) is 0 Å². The standard InChI is InChI=1S/C22H17FN2O2S2/c23-17-8-3-1-6-15(17)14-24-18-9-4-2-7-16(18)22(21(24)27)25(11-13-29-22)20(26)19-10-5-12-28-19/h1-10,12H,11,13-14H2. The number of carbonyl (C=O) groups is 2. The van der Waals surface area contributed by atoms with Crippen LogP contribution in [0, 0.1) is 5.82 Å². The van der Waals surface area contributed by atoms with Gasteiger partial charge in [0.05, 0.1) is 17.1 Å². The predicted octanol–water partition coefficient (Wildman–Crippen LogP) is 4.48. The Morgan fingerprint density at radius 3 is 2.66 bits per heavy atom. The minimum absolute atomic E-state index is 0.131. The summed E-state index contributed by atoms with van der Waals surface area (Å²) < 4.78 is 14.3. The molecule has 1 spiro atoms.